The number of phenolic OH excluding ortho intramolecular Hbond substituents is 1. The monoisotopic (exact) mass is 672 g/mol. The predicted octanol–water partition coefficient (Wildman–Crippen LogP) is 6.20. The number of hydrogen-bond acceptors (Lipinski definition) is 7. The van der Waals surface area contributed by atoms with Crippen LogP contribution in [0, 0.1) is 34.9 Å². The Morgan fingerprint density at radius 2 is 1.62 bits per heavy atom. The summed E-state index contributed by atoms with van der Waals surface area (Å²) in [6.07, 6.45) is 3.04. The van der Waals surface area contributed by atoms with Crippen molar-refractivity contribution in [3.63, 3.8) is 0 Å². The molecule has 1 N–H and O–H groups in total. The minimum atomic E-state index is -1.46. The molecular formula is C37H34ClFN2O7. The van der Waals surface area contributed by atoms with Crippen LogP contribution in [0.15, 0.2) is 66.2 Å². The number of allylic oxidation sites excluding steroid dienone is 2. The van der Waals surface area contributed by atoms with Gasteiger partial charge < -0.3 is 14.6 Å². The maximum Gasteiger partial charge on any atom is 0.241 e. The van der Waals surface area contributed by atoms with Gasteiger partial charge in [0, 0.05) is 23.6 Å². The largest absolute Gasteiger partial charge is 0.507 e. The molecular weight excluding hydrogens is 639 g/mol. The van der Waals surface area contributed by atoms with Crippen LogP contribution in [0.25, 0.3) is 0 Å². The number of rotatable bonds is 6. The van der Waals surface area contributed by atoms with E-state index in [0.29, 0.717) is 17.0 Å². The fourth-order valence-corrected chi connectivity index (χ4v) is 8.67. The molecule has 0 bridgehead atoms. The summed E-state index contributed by atoms with van der Waals surface area (Å²) in [4.78, 5) is 59.5. The number of nitrogens with zero attached hydrogens (tertiary/aromatic N) is 2. The number of anilines is 2. The van der Waals surface area contributed by atoms with E-state index in [1.54, 1.807) is 25.1 Å². The van der Waals surface area contributed by atoms with Crippen molar-refractivity contribution in [2.75, 3.05) is 24.0 Å². The van der Waals surface area contributed by atoms with E-state index in [0.717, 1.165) is 23.0 Å². The number of imide groups is 2. The van der Waals surface area contributed by atoms with Crippen molar-refractivity contribution in [2.45, 2.75) is 39.0 Å². The summed E-state index contributed by atoms with van der Waals surface area (Å²) in [6.45, 7) is 3.70. The number of aromatic hydroxyl groups is 1. The molecule has 0 aromatic heterocycles. The number of methoxy groups -OCH3 is 2. The number of ether oxygens (including phenoxy) is 2. The Bertz CT molecular complexity index is 1930. The molecule has 7 rings (SSSR count). The van der Waals surface area contributed by atoms with Gasteiger partial charge >= 0.3 is 0 Å². The van der Waals surface area contributed by atoms with Crippen molar-refractivity contribution in [1.82, 2.24) is 0 Å². The van der Waals surface area contributed by atoms with Gasteiger partial charge in [0.2, 0.25) is 23.6 Å². The van der Waals surface area contributed by atoms with E-state index in [1.807, 2.05) is 25.1 Å². The molecule has 2 heterocycles. The van der Waals surface area contributed by atoms with Crippen molar-refractivity contribution < 1.29 is 38.1 Å². The molecule has 2 aliphatic carbocycles. The van der Waals surface area contributed by atoms with Gasteiger partial charge in [0.25, 0.3) is 0 Å². The SMILES string of the molecule is CCc1ccc(N2C(=O)C3CC=C4C(CC5C(=O)N(c6ccc(F)c(Cl)c6)C(=O)C5(C)C4c4c(O)cc(OC)cc4OC)C3C2=O)cc1. The molecule has 48 heavy (non-hydrogen) atoms. The van der Waals surface area contributed by atoms with Crippen LogP contribution in [0.1, 0.15) is 43.7 Å². The highest BCUT2D eigenvalue weighted by Crippen LogP contribution is 2.65. The smallest absolute Gasteiger partial charge is 0.241 e. The molecule has 6 atom stereocenters. The highest BCUT2D eigenvalue weighted by atomic mass is 35.5. The third-order valence-corrected chi connectivity index (χ3v) is 11.2. The summed E-state index contributed by atoms with van der Waals surface area (Å²) in [6, 6.07) is 14.0. The van der Waals surface area contributed by atoms with Gasteiger partial charge in [-0.25, -0.2) is 9.29 Å². The van der Waals surface area contributed by atoms with Crippen LogP contribution in [0.3, 0.4) is 0 Å². The van der Waals surface area contributed by atoms with Crippen LogP contribution in [-0.4, -0.2) is 43.0 Å². The van der Waals surface area contributed by atoms with E-state index in [4.69, 9.17) is 21.1 Å². The van der Waals surface area contributed by atoms with Gasteiger partial charge in [-0.2, -0.15) is 0 Å². The first kappa shape index (κ1) is 31.9. The molecule has 4 amide bonds. The van der Waals surface area contributed by atoms with E-state index in [9.17, 15) is 28.7 Å². The van der Waals surface area contributed by atoms with Crippen molar-refractivity contribution in [1.29, 1.82) is 0 Å². The Morgan fingerprint density at radius 1 is 0.917 bits per heavy atom. The van der Waals surface area contributed by atoms with Crippen LogP contribution in [0.2, 0.25) is 5.02 Å². The summed E-state index contributed by atoms with van der Waals surface area (Å²) in [5.41, 5.74) is 1.14. The molecule has 3 aromatic carbocycles. The van der Waals surface area contributed by atoms with Crippen LogP contribution in [0.4, 0.5) is 15.8 Å². The molecule has 3 aromatic rings. The number of aryl methyl sites for hydroxylation is 1. The van der Waals surface area contributed by atoms with E-state index in [1.165, 1.54) is 37.3 Å². The van der Waals surface area contributed by atoms with Gasteiger partial charge in [0.1, 0.15) is 23.1 Å². The number of halogens is 2. The molecule has 9 nitrogen and oxygen atoms in total. The first-order valence-electron chi connectivity index (χ1n) is 15.9. The normalized spacial score (nSPS) is 27.9. The number of carbonyl (C=O) groups is 4. The second-order valence-electron chi connectivity index (χ2n) is 13.1. The Labute approximate surface area is 281 Å². The lowest BCUT2D eigenvalue weighted by atomic mass is 9.51. The summed E-state index contributed by atoms with van der Waals surface area (Å²) >= 11 is 6.09. The quantitative estimate of drug-likeness (QED) is 0.245. The van der Waals surface area contributed by atoms with E-state index >= 15 is 0 Å². The Morgan fingerprint density at radius 3 is 2.27 bits per heavy atom. The fraction of sp³-hybridized carbons (Fsp3) is 0.351. The topological polar surface area (TPSA) is 113 Å². The maximum atomic E-state index is 14.7. The fourth-order valence-electron chi connectivity index (χ4n) is 8.49. The maximum absolute atomic E-state index is 14.7. The first-order valence-corrected chi connectivity index (χ1v) is 16.3. The number of amides is 4. The van der Waals surface area contributed by atoms with E-state index < -0.39 is 52.6 Å². The van der Waals surface area contributed by atoms with Crippen molar-refractivity contribution in [2.24, 2.45) is 29.1 Å². The van der Waals surface area contributed by atoms with Crippen molar-refractivity contribution in [3.8, 4) is 17.2 Å². The molecule has 2 saturated heterocycles. The highest BCUT2D eigenvalue weighted by Gasteiger charge is 2.68. The summed E-state index contributed by atoms with van der Waals surface area (Å²) in [5.74, 6) is -6.09. The molecule has 1 saturated carbocycles. The summed E-state index contributed by atoms with van der Waals surface area (Å²) in [5, 5.41) is 11.3. The average Bonchev–Trinajstić information content (AvgIpc) is 3.45. The van der Waals surface area contributed by atoms with Crippen LogP contribution < -0.4 is 19.3 Å². The third-order valence-electron chi connectivity index (χ3n) is 10.9. The van der Waals surface area contributed by atoms with Crippen molar-refractivity contribution in [3.05, 3.63) is 88.2 Å². The summed E-state index contributed by atoms with van der Waals surface area (Å²) < 4.78 is 25.3. The second kappa shape index (κ2) is 11.5. The zero-order chi connectivity index (χ0) is 34.2. The summed E-state index contributed by atoms with van der Waals surface area (Å²) in [7, 11) is 2.87. The van der Waals surface area contributed by atoms with Gasteiger partial charge in [0.15, 0.2) is 0 Å². The number of carbonyl (C=O) groups excluding carboxylic acids is 4. The van der Waals surface area contributed by atoms with Gasteiger partial charge in [-0.3, -0.25) is 24.1 Å². The Hall–Kier alpha value is -4.70. The molecule has 11 heteroatoms. The predicted molar refractivity (Wildman–Crippen MR) is 176 cm³/mol. The van der Waals surface area contributed by atoms with Gasteiger partial charge in [-0.05, 0) is 68.0 Å². The molecule has 3 fully saturated rings. The second-order valence-corrected chi connectivity index (χ2v) is 13.5. The Kier molecular flexibility index (Phi) is 7.62. The Balaban J connectivity index is 1.40. The minimum absolute atomic E-state index is 0.108. The first-order chi connectivity index (χ1) is 23.0. The lowest BCUT2D eigenvalue weighted by Gasteiger charge is -2.49. The molecule has 0 radical (unpaired) electrons. The van der Waals surface area contributed by atoms with Gasteiger partial charge in [-0.15, -0.1) is 0 Å². The van der Waals surface area contributed by atoms with Crippen molar-refractivity contribution >= 4 is 46.6 Å². The zero-order valence-electron chi connectivity index (χ0n) is 26.8. The lowest BCUT2D eigenvalue weighted by molar-refractivity contribution is -0.131. The standard InChI is InChI=1S/C37H34ClFN2O7/c1-5-18-6-8-19(9-7-18)40-33(43)23-12-11-22-24(30(23)35(40)45)17-25-34(44)41(20-10-13-27(39)26(38)14-20)36(46)37(25,2)32(22)31-28(42)15-21(47-3)16-29(31)48-4/h6-11,13-16,23-25,30,32,42H,5,12,17H2,1-4H3. The molecule has 0 spiro atoms. The molecule has 4 aliphatic rings. The number of fused-ring (bicyclic) bond motifs is 4. The third kappa shape index (κ3) is 4.41. The molecule has 248 valence electrons. The number of hydrogen-bond donors (Lipinski definition) is 1. The van der Waals surface area contributed by atoms with E-state index in [-0.39, 0.29) is 52.4 Å². The average molecular weight is 673 g/mol. The highest BCUT2D eigenvalue weighted by molar-refractivity contribution is 6.32. The lowest BCUT2D eigenvalue weighted by Crippen LogP contribution is -2.49. The van der Waals surface area contributed by atoms with Crippen LogP contribution in [-0.2, 0) is 25.6 Å². The number of benzene rings is 3. The molecule has 6 unspecified atom stereocenters. The van der Waals surface area contributed by atoms with Crippen LogP contribution >= 0.6 is 11.6 Å². The molecule has 2 aliphatic heterocycles. The van der Waals surface area contributed by atoms with E-state index in [2.05, 4.69) is 0 Å². The van der Waals surface area contributed by atoms with Gasteiger partial charge in [0.05, 0.1) is 53.8 Å². The minimum Gasteiger partial charge on any atom is -0.507 e. The number of phenols is 1. The van der Waals surface area contributed by atoms with Gasteiger partial charge in [-0.1, -0.05) is 42.3 Å². The van der Waals surface area contributed by atoms with Crippen LogP contribution in [0.5, 0.6) is 17.2 Å². The zero-order valence-corrected chi connectivity index (χ0v) is 27.6.